The van der Waals surface area contributed by atoms with Gasteiger partial charge in [-0.05, 0) is 48.4 Å². The Labute approximate surface area is 154 Å². The van der Waals surface area contributed by atoms with Crippen molar-refractivity contribution < 1.29 is 0 Å². The molecule has 2 atom stereocenters. The predicted octanol–water partition coefficient (Wildman–Crippen LogP) is 3.56. The molecule has 2 aromatic heterocycles. The summed E-state index contributed by atoms with van der Waals surface area (Å²) in [5, 5.41) is 4.99. The van der Waals surface area contributed by atoms with Gasteiger partial charge in [0.1, 0.15) is 0 Å². The summed E-state index contributed by atoms with van der Waals surface area (Å²) in [5.41, 5.74) is 6.84. The van der Waals surface area contributed by atoms with E-state index in [0.29, 0.717) is 12.0 Å². The van der Waals surface area contributed by atoms with Crippen LogP contribution in [0.1, 0.15) is 11.1 Å². The smallest absolute Gasteiger partial charge is 0.0526 e. The molecule has 5 rings (SSSR count). The number of hydrogen-bond donors (Lipinski definition) is 1. The highest BCUT2D eigenvalue weighted by Gasteiger charge is 2.33. The zero-order chi connectivity index (χ0) is 17.7. The molecule has 0 radical (unpaired) electrons. The van der Waals surface area contributed by atoms with Crippen LogP contribution < -0.4 is 5.32 Å². The maximum atomic E-state index is 4.19. The second-order valence-corrected chi connectivity index (χ2v) is 7.63. The van der Waals surface area contributed by atoms with E-state index in [1.165, 1.54) is 27.6 Å². The molecule has 1 aliphatic heterocycles. The van der Waals surface area contributed by atoms with Crippen molar-refractivity contribution in [2.45, 2.75) is 12.5 Å². The number of hydrogen-bond acceptors (Lipinski definition) is 3. The second kappa shape index (κ2) is 5.99. The molecule has 4 nitrogen and oxygen atoms in total. The van der Waals surface area contributed by atoms with Crippen LogP contribution in [0.4, 0.5) is 5.69 Å². The minimum atomic E-state index is 0.491. The molecule has 3 heterocycles. The number of rotatable bonds is 3. The fraction of sp³-hybridized carbons (Fsp3) is 0.318. The molecule has 0 fully saturated rings. The normalized spacial score (nSPS) is 22.2. The van der Waals surface area contributed by atoms with E-state index < -0.39 is 0 Å². The quantitative estimate of drug-likeness (QED) is 0.789. The maximum absolute atomic E-state index is 4.19. The van der Waals surface area contributed by atoms with E-state index in [-0.39, 0.29) is 0 Å². The summed E-state index contributed by atoms with van der Waals surface area (Å²) in [5.74, 6) is 0.493. The van der Waals surface area contributed by atoms with Crippen LogP contribution in [0.5, 0.6) is 0 Å². The van der Waals surface area contributed by atoms with Gasteiger partial charge in [-0.1, -0.05) is 18.2 Å². The van der Waals surface area contributed by atoms with Crippen LogP contribution in [0.25, 0.3) is 16.5 Å². The van der Waals surface area contributed by atoms with Gasteiger partial charge in [0.05, 0.1) is 5.69 Å². The van der Waals surface area contributed by atoms with Crippen molar-refractivity contribution in [1.82, 2.24) is 14.5 Å². The number of fused-ring (bicyclic) bond motifs is 2. The van der Waals surface area contributed by atoms with Crippen LogP contribution in [-0.4, -0.2) is 40.6 Å². The Hall–Kier alpha value is -2.59. The molecular formula is C22H24N4. The minimum absolute atomic E-state index is 0.491. The number of pyridine rings is 1. The summed E-state index contributed by atoms with van der Waals surface area (Å²) in [7, 11) is 4.42. The number of nitrogens with zero attached hydrogens (tertiary/aromatic N) is 3. The van der Waals surface area contributed by atoms with Crippen LogP contribution in [0, 0.1) is 5.92 Å². The van der Waals surface area contributed by atoms with Crippen molar-refractivity contribution in [3.63, 3.8) is 0 Å². The SMILES string of the molecule is CN1C[C@H](CNc2cccnc2)C=C2c3cccc4c3c(cn4C)C[C@H]21. The molecule has 3 aromatic rings. The van der Waals surface area contributed by atoms with Gasteiger partial charge in [0, 0.05) is 61.6 Å². The molecule has 2 aliphatic rings. The van der Waals surface area contributed by atoms with E-state index in [1.54, 1.807) is 0 Å². The van der Waals surface area contributed by atoms with Crippen molar-refractivity contribution in [3.8, 4) is 0 Å². The molecule has 4 heteroatoms. The van der Waals surface area contributed by atoms with E-state index in [4.69, 9.17) is 0 Å². The lowest BCUT2D eigenvalue weighted by molar-refractivity contribution is 0.249. The Morgan fingerprint density at radius 1 is 1.19 bits per heavy atom. The van der Waals surface area contributed by atoms with Gasteiger partial charge in [-0.3, -0.25) is 9.88 Å². The lowest BCUT2D eigenvalue weighted by Crippen LogP contribution is -2.43. The first-order valence-electron chi connectivity index (χ1n) is 9.34. The fourth-order valence-electron chi connectivity index (χ4n) is 4.67. The van der Waals surface area contributed by atoms with Gasteiger partial charge < -0.3 is 9.88 Å². The zero-order valence-electron chi connectivity index (χ0n) is 15.3. The predicted molar refractivity (Wildman–Crippen MR) is 107 cm³/mol. The summed E-state index contributed by atoms with van der Waals surface area (Å²) in [4.78, 5) is 6.72. The first kappa shape index (κ1) is 15.6. The highest BCUT2D eigenvalue weighted by molar-refractivity contribution is 5.98. The Morgan fingerprint density at radius 3 is 2.96 bits per heavy atom. The average molecular weight is 344 g/mol. The molecule has 0 amide bonds. The number of anilines is 1. The third-order valence-electron chi connectivity index (χ3n) is 5.88. The Morgan fingerprint density at radius 2 is 2.12 bits per heavy atom. The molecule has 0 spiro atoms. The average Bonchev–Trinajstić information content (AvgIpc) is 2.99. The van der Waals surface area contributed by atoms with Crippen molar-refractivity contribution >= 4 is 22.2 Å². The van der Waals surface area contributed by atoms with E-state index >= 15 is 0 Å². The van der Waals surface area contributed by atoms with E-state index in [9.17, 15) is 0 Å². The van der Waals surface area contributed by atoms with Crippen molar-refractivity contribution in [2.75, 3.05) is 25.5 Å². The summed E-state index contributed by atoms with van der Waals surface area (Å²) in [6.45, 7) is 2.02. The van der Waals surface area contributed by atoms with Crippen molar-refractivity contribution in [2.24, 2.45) is 13.0 Å². The second-order valence-electron chi connectivity index (χ2n) is 7.63. The lowest BCUT2D eigenvalue weighted by atomic mass is 9.80. The molecule has 1 aliphatic carbocycles. The zero-order valence-corrected chi connectivity index (χ0v) is 15.3. The highest BCUT2D eigenvalue weighted by atomic mass is 15.1. The van der Waals surface area contributed by atoms with Gasteiger partial charge >= 0.3 is 0 Å². The van der Waals surface area contributed by atoms with Gasteiger partial charge in [0.15, 0.2) is 0 Å². The number of aryl methyl sites for hydroxylation is 1. The monoisotopic (exact) mass is 344 g/mol. The highest BCUT2D eigenvalue weighted by Crippen LogP contribution is 2.41. The van der Waals surface area contributed by atoms with Crippen LogP contribution in [0.15, 0.2) is 55.0 Å². The van der Waals surface area contributed by atoms with Crippen LogP contribution in [0.3, 0.4) is 0 Å². The van der Waals surface area contributed by atoms with E-state index in [1.807, 2.05) is 18.5 Å². The molecular weight excluding hydrogens is 320 g/mol. The van der Waals surface area contributed by atoms with Crippen molar-refractivity contribution in [1.29, 1.82) is 0 Å². The van der Waals surface area contributed by atoms with Crippen molar-refractivity contribution in [3.05, 3.63) is 66.1 Å². The summed E-state index contributed by atoms with van der Waals surface area (Å²) in [6, 6.07) is 11.3. The molecule has 0 bridgehead atoms. The van der Waals surface area contributed by atoms with Gasteiger partial charge in [-0.2, -0.15) is 0 Å². The molecule has 0 saturated heterocycles. The summed E-state index contributed by atoms with van der Waals surface area (Å²) in [6.07, 6.45) is 9.64. The van der Waals surface area contributed by atoms with Crippen LogP contribution in [-0.2, 0) is 13.5 Å². The summed E-state index contributed by atoms with van der Waals surface area (Å²) < 4.78 is 2.27. The first-order valence-corrected chi connectivity index (χ1v) is 9.34. The topological polar surface area (TPSA) is 33.1 Å². The lowest BCUT2D eigenvalue weighted by Gasteiger charge is -2.40. The molecule has 1 aromatic carbocycles. The Balaban J connectivity index is 1.50. The van der Waals surface area contributed by atoms with Gasteiger partial charge in [0.2, 0.25) is 0 Å². The molecule has 0 saturated carbocycles. The van der Waals surface area contributed by atoms with E-state index in [2.05, 4.69) is 70.4 Å². The van der Waals surface area contributed by atoms with Gasteiger partial charge in [-0.15, -0.1) is 0 Å². The third-order valence-corrected chi connectivity index (χ3v) is 5.88. The molecule has 132 valence electrons. The Kier molecular flexibility index (Phi) is 3.61. The van der Waals surface area contributed by atoms with E-state index in [0.717, 1.165) is 25.2 Å². The number of likely N-dealkylation sites (N-methyl/N-ethyl adjacent to an activating group) is 1. The third kappa shape index (κ3) is 2.44. The van der Waals surface area contributed by atoms with Gasteiger partial charge in [-0.25, -0.2) is 0 Å². The first-order chi connectivity index (χ1) is 12.7. The number of benzene rings is 1. The van der Waals surface area contributed by atoms with Crippen LogP contribution in [0.2, 0.25) is 0 Å². The standard InChI is InChI=1S/C22H24N4/c1-25-13-15(11-24-17-5-4-8-23-12-17)9-19-18-6-3-7-20-22(18)16(10-21(19)25)14-26(20)2/h3-9,12,14-15,21,24H,10-11,13H2,1-2H3/t15-,21+/m0/s1. The van der Waals surface area contributed by atoms with Crippen LogP contribution >= 0.6 is 0 Å². The summed E-state index contributed by atoms with van der Waals surface area (Å²) >= 11 is 0. The Bertz CT molecular complexity index is 986. The molecule has 1 N–H and O–H groups in total. The maximum Gasteiger partial charge on any atom is 0.0526 e. The fourth-order valence-corrected chi connectivity index (χ4v) is 4.67. The molecule has 26 heavy (non-hydrogen) atoms. The van der Waals surface area contributed by atoms with Gasteiger partial charge in [0.25, 0.3) is 0 Å². The number of aromatic nitrogens is 2. The largest absolute Gasteiger partial charge is 0.383 e. The molecule has 0 unspecified atom stereocenters. The minimum Gasteiger partial charge on any atom is -0.383 e. The number of nitrogens with one attached hydrogen (secondary N) is 1.